The van der Waals surface area contributed by atoms with Crippen molar-refractivity contribution in [2.75, 3.05) is 11.2 Å². The van der Waals surface area contributed by atoms with Crippen LogP contribution in [0.1, 0.15) is 0 Å². The standard InChI is InChI=1S/C20H14Cl2N6O6S/c21-11-1-4-13(5-2-11)35(33,34)28-18(30)14-6-3-12(22)9-15(14)26(20(28)32)10-17(29)25-27-8-7-16(23)24-19(27)31/h1-9H,10H2,(H,25,29)(H2,23,24,31). The lowest BCUT2D eigenvalue weighted by atomic mass is 10.2. The number of fused-ring (bicyclic) bond motifs is 1. The molecule has 0 bridgehead atoms. The molecule has 0 radical (unpaired) electrons. The first kappa shape index (κ1) is 24.2. The highest BCUT2D eigenvalue weighted by atomic mass is 35.5. The summed E-state index contributed by atoms with van der Waals surface area (Å²) in [6.07, 6.45) is 1.15. The third-order valence-electron chi connectivity index (χ3n) is 4.79. The topological polar surface area (TPSA) is 168 Å². The third-order valence-corrected chi connectivity index (χ3v) is 6.95. The predicted molar refractivity (Wildman–Crippen MR) is 129 cm³/mol. The van der Waals surface area contributed by atoms with Gasteiger partial charge in [-0.05, 0) is 48.5 Å². The summed E-state index contributed by atoms with van der Waals surface area (Å²) in [6.45, 7) is -0.775. The van der Waals surface area contributed by atoms with Crippen LogP contribution in [0.2, 0.25) is 10.0 Å². The van der Waals surface area contributed by atoms with Crippen molar-refractivity contribution >= 4 is 55.9 Å². The minimum atomic E-state index is -4.68. The van der Waals surface area contributed by atoms with E-state index in [4.69, 9.17) is 28.9 Å². The van der Waals surface area contributed by atoms with E-state index in [2.05, 4.69) is 10.4 Å². The summed E-state index contributed by atoms with van der Waals surface area (Å²) in [5.41, 5.74) is 4.18. The number of nitrogens with two attached hydrogens (primary N) is 1. The average molecular weight is 537 g/mol. The van der Waals surface area contributed by atoms with Crippen molar-refractivity contribution in [3.05, 3.63) is 96.1 Å². The van der Waals surface area contributed by atoms with Crippen molar-refractivity contribution in [1.82, 2.24) is 18.2 Å². The van der Waals surface area contributed by atoms with Crippen LogP contribution in [0.3, 0.4) is 0 Å². The molecule has 35 heavy (non-hydrogen) atoms. The van der Waals surface area contributed by atoms with E-state index in [1.165, 1.54) is 36.4 Å². The summed E-state index contributed by atoms with van der Waals surface area (Å²) in [5, 5.41) is 0.180. The van der Waals surface area contributed by atoms with Gasteiger partial charge in [-0.1, -0.05) is 23.2 Å². The summed E-state index contributed by atoms with van der Waals surface area (Å²) in [4.78, 5) is 54.1. The molecule has 0 fully saturated rings. The summed E-state index contributed by atoms with van der Waals surface area (Å²) >= 11 is 11.8. The maximum Gasteiger partial charge on any atom is 0.368 e. The number of carbonyl (C=O) groups is 1. The molecule has 0 aliphatic rings. The fraction of sp³-hybridized carbons (Fsp3) is 0.0500. The zero-order chi connectivity index (χ0) is 25.5. The fourth-order valence-corrected chi connectivity index (χ4v) is 4.81. The molecule has 12 nitrogen and oxygen atoms in total. The number of nitrogens with zero attached hydrogens (tertiary/aromatic N) is 4. The lowest BCUT2D eigenvalue weighted by Gasteiger charge is -2.15. The van der Waals surface area contributed by atoms with Gasteiger partial charge in [0.05, 0.1) is 15.8 Å². The van der Waals surface area contributed by atoms with Gasteiger partial charge in [-0.15, -0.1) is 3.97 Å². The zero-order valence-electron chi connectivity index (χ0n) is 17.4. The molecule has 0 atom stereocenters. The summed E-state index contributed by atoms with van der Waals surface area (Å²) in [7, 11) is -4.68. The van der Waals surface area contributed by atoms with Gasteiger partial charge in [0, 0.05) is 16.2 Å². The number of aromatic nitrogens is 4. The first-order chi connectivity index (χ1) is 16.5. The molecular formula is C20H14Cl2N6O6S. The predicted octanol–water partition coefficient (Wildman–Crippen LogP) is 0.616. The van der Waals surface area contributed by atoms with Crippen molar-refractivity contribution in [3.8, 4) is 0 Å². The van der Waals surface area contributed by atoms with Crippen LogP contribution in [0.5, 0.6) is 0 Å². The fourth-order valence-electron chi connectivity index (χ4n) is 3.21. The van der Waals surface area contributed by atoms with Gasteiger partial charge < -0.3 is 5.73 Å². The highest BCUT2D eigenvalue weighted by Crippen LogP contribution is 2.18. The molecule has 0 spiro atoms. The van der Waals surface area contributed by atoms with E-state index in [1.807, 2.05) is 0 Å². The van der Waals surface area contributed by atoms with Crippen LogP contribution in [0, 0.1) is 0 Å². The van der Waals surface area contributed by atoms with E-state index in [0.29, 0.717) is 0 Å². The Hall–Kier alpha value is -3.94. The molecular weight excluding hydrogens is 523 g/mol. The molecule has 0 aliphatic carbocycles. The van der Waals surface area contributed by atoms with Crippen molar-refractivity contribution in [2.45, 2.75) is 11.4 Å². The lowest BCUT2D eigenvalue weighted by Crippen LogP contribution is -2.46. The maximum absolute atomic E-state index is 13.3. The molecule has 3 N–H and O–H groups in total. The van der Waals surface area contributed by atoms with Crippen LogP contribution in [-0.2, 0) is 21.4 Å². The van der Waals surface area contributed by atoms with Gasteiger partial charge in [-0.2, -0.15) is 4.98 Å². The van der Waals surface area contributed by atoms with Crippen LogP contribution >= 0.6 is 23.2 Å². The number of rotatable bonds is 5. The van der Waals surface area contributed by atoms with E-state index in [1.54, 1.807) is 0 Å². The van der Waals surface area contributed by atoms with Crippen molar-refractivity contribution in [3.63, 3.8) is 0 Å². The van der Waals surface area contributed by atoms with Crippen LogP contribution in [0.15, 0.2) is 74.0 Å². The number of amides is 1. The Balaban J connectivity index is 1.90. The third kappa shape index (κ3) is 4.56. The normalized spacial score (nSPS) is 11.5. The Morgan fingerprint density at radius 3 is 2.31 bits per heavy atom. The highest BCUT2D eigenvalue weighted by Gasteiger charge is 2.26. The van der Waals surface area contributed by atoms with Gasteiger partial charge in [0.2, 0.25) is 0 Å². The second kappa shape index (κ2) is 9.02. The second-order valence-electron chi connectivity index (χ2n) is 7.10. The molecule has 2 heterocycles. The largest absolute Gasteiger partial charge is 0.383 e. The van der Waals surface area contributed by atoms with Gasteiger partial charge in [-0.3, -0.25) is 19.6 Å². The number of halogens is 2. The molecule has 2 aromatic heterocycles. The number of nitrogens with one attached hydrogen (secondary N) is 1. The lowest BCUT2D eigenvalue weighted by molar-refractivity contribution is -0.117. The average Bonchev–Trinajstić information content (AvgIpc) is 2.78. The van der Waals surface area contributed by atoms with Crippen LogP contribution in [-0.4, -0.2) is 32.5 Å². The number of hydrogen-bond acceptors (Lipinski definition) is 8. The quantitative estimate of drug-likeness (QED) is 0.374. The first-order valence-corrected chi connectivity index (χ1v) is 11.8. The van der Waals surface area contributed by atoms with Gasteiger partial charge in [0.15, 0.2) is 0 Å². The number of carbonyl (C=O) groups excluding carboxylic acids is 1. The molecule has 4 rings (SSSR count). The van der Waals surface area contributed by atoms with Crippen molar-refractivity contribution < 1.29 is 13.2 Å². The molecule has 1 amide bonds. The molecule has 0 unspecified atom stereocenters. The smallest absolute Gasteiger partial charge is 0.368 e. The van der Waals surface area contributed by atoms with E-state index in [0.717, 1.165) is 27.6 Å². The van der Waals surface area contributed by atoms with Gasteiger partial charge in [-0.25, -0.2) is 22.7 Å². The minimum absolute atomic E-state index is 0.0523. The zero-order valence-corrected chi connectivity index (χ0v) is 19.7. The van der Waals surface area contributed by atoms with E-state index in [-0.39, 0.29) is 35.6 Å². The Kier molecular flexibility index (Phi) is 6.23. The van der Waals surface area contributed by atoms with Gasteiger partial charge in [0.25, 0.3) is 21.5 Å². The molecule has 4 aromatic rings. The highest BCUT2D eigenvalue weighted by molar-refractivity contribution is 7.90. The SMILES string of the molecule is Nc1ccn(NC(=O)Cn2c(=O)n(S(=O)(=O)c3ccc(Cl)cc3)c(=O)c3ccc(Cl)cc32)c(=O)n1. The molecule has 180 valence electrons. The van der Waals surface area contributed by atoms with Crippen LogP contribution in [0.4, 0.5) is 5.82 Å². The van der Waals surface area contributed by atoms with Crippen molar-refractivity contribution in [1.29, 1.82) is 0 Å². The monoisotopic (exact) mass is 536 g/mol. The summed E-state index contributed by atoms with van der Waals surface area (Å²) < 4.78 is 28.0. The Labute approximate surface area is 205 Å². The molecule has 2 aromatic carbocycles. The van der Waals surface area contributed by atoms with Gasteiger partial charge >= 0.3 is 11.4 Å². The van der Waals surface area contributed by atoms with E-state index >= 15 is 0 Å². The Bertz CT molecular complexity index is 1780. The maximum atomic E-state index is 13.3. The summed E-state index contributed by atoms with van der Waals surface area (Å²) in [5.74, 6) is -0.979. The first-order valence-electron chi connectivity index (χ1n) is 9.60. The Morgan fingerprint density at radius 1 is 1.00 bits per heavy atom. The van der Waals surface area contributed by atoms with E-state index in [9.17, 15) is 27.6 Å². The van der Waals surface area contributed by atoms with E-state index < -0.39 is 39.4 Å². The number of hydrogen-bond donors (Lipinski definition) is 2. The Morgan fingerprint density at radius 2 is 1.66 bits per heavy atom. The molecule has 0 aliphatic heterocycles. The second-order valence-corrected chi connectivity index (χ2v) is 9.76. The number of nitrogen functional groups attached to an aromatic ring is 1. The molecule has 0 saturated carbocycles. The minimum Gasteiger partial charge on any atom is -0.383 e. The van der Waals surface area contributed by atoms with Crippen molar-refractivity contribution in [2.24, 2.45) is 0 Å². The molecule has 15 heteroatoms. The number of anilines is 1. The summed E-state index contributed by atoms with van der Waals surface area (Å²) in [6, 6.07) is 9.88. The van der Waals surface area contributed by atoms with Crippen LogP contribution < -0.4 is 28.1 Å². The van der Waals surface area contributed by atoms with Gasteiger partial charge in [0.1, 0.15) is 12.4 Å². The number of benzene rings is 2. The van der Waals surface area contributed by atoms with Crippen LogP contribution in [0.25, 0.3) is 10.9 Å². The molecule has 0 saturated heterocycles.